The van der Waals surface area contributed by atoms with Crippen molar-refractivity contribution in [3.05, 3.63) is 70.8 Å². The van der Waals surface area contributed by atoms with E-state index in [2.05, 4.69) is 9.47 Å². The molecule has 25 heteroatoms. The standard InChI is InChI=1S/C21H24F3N3O5.C20H22F9N3O2/c22-21(23,24)16-4-3-15(17(13-16)26-7-1-2-8-26)14-25-9-11-27(12-10-25)20(31)32-19(30)6-5-18(28)29;21-18(22,23)14-4-3-13(15(11-14)31-5-1-2-6-31)12-30-7-9-32(10-8-30)17(33)34-16(19(24,25)26)20(27,28)29/h3-6,13H,1-2,7-12,14H2,(H,28,29);3-4,11,16H,1-2,5-10,12H2/b6-5+;. The van der Waals surface area contributed by atoms with Crippen LogP contribution >= 0.6 is 0 Å². The number of alkyl halides is 12. The average molecular weight is 963 g/mol. The molecule has 4 fully saturated rings. The normalized spacial score (nSPS) is 18.2. The minimum atomic E-state index is -5.80. The lowest BCUT2D eigenvalue weighted by molar-refractivity contribution is -0.308. The van der Waals surface area contributed by atoms with Gasteiger partial charge in [-0.15, -0.1) is 0 Å². The molecule has 4 aliphatic rings. The average Bonchev–Trinajstić information content (AvgIpc) is 3.98. The molecular weight excluding hydrogens is 916 g/mol. The first-order valence-electron chi connectivity index (χ1n) is 20.6. The number of amides is 2. The summed E-state index contributed by atoms with van der Waals surface area (Å²) in [6.07, 6.45) is -22.5. The minimum Gasteiger partial charge on any atom is -0.478 e. The van der Waals surface area contributed by atoms with Crippen molar-refractivity contribution < 1.29 is 86.4 Å². The molecule has 366 valence electrons. The number of benzene rings is 2. The van der Waals surface area contributed by atoms with Crippen LogP contribution in [0.3, 0.4) is 0 Å². The van der Waals surface area contributed by atoms with Gasteiger partial charge in [0.25, 0.3) is 6.10 Å². The fraction of sp³-hybridized carbons (Fsp3) is 0.561. The van der Waals surface area contributed by atoms with Gasteiger partial charge in [-0.25, -0.2) is 19.2 Å². The van der Waals surface area contributed by atoms with Crippen LogP contribution in [0.1, 0.15) is 47.9 Å². The number of carboxylic acid groups (broad SMARTS) is 1. The van der Waals surface area contributed by atoms with E-state index in [-0.39, 0.29) is 45.8 Å². The second kappa shape index (κ2) is 21.4. The minimum absolute atomic E-state index is 0.0955. The SMILES string of the molecule is O=C(O)/C=C/C(=O)OC(=O)N1CCN(Cc2ccc(C(F)(F)F)cc2N2CCCC2)CC1.O=C(OC(C(F)(F)F)C(F)(F)F)N1CCN(Cc2ccc(C(F)(F)F)cc2N2CCCC2)CC1. The molecule has 13 nitrogen and oxygen atoms in total. The summed E-state index contributed by atoms with van der Waals surface area (Å²) in [7, 11) is 0. The van der Waals surface area contributed by atoms with E-state index in [0.29, 0.717) is 61.8 Å². The Hall–Kier alpha value is -5.46. The van der Waals surface area contributed by atoms with Gasteiger partial charge in [-0.2, -0.15) is 52.7 Å². The van der Waals surface area contributed by atoms with E-state index >= 15 is 0 Å². The number of hydrogen-bond donors (Lipinski definition) is 1. The second-order valence-electron chi connectivity index (χ2n) is 15.8. The first-order valence-corrected chi connectivity index (χ1v) is 20.6. The number of nitrogens with zero attached hydrogens (tertiary/aromatic N) is 6. The monoisotopic (exact) mass is 962 g/mol. The van der Waals surface area contributed by atoms with E-state index in [0.717, 1.165) is 67.4 Å². The molecule has 1 N–H and O–H groups in total. The molecule has 0 aromatic heterocycles. The van der Waals surface area contributed by atoms with Gasteiger partial charge in [0.05, 0.1) is 11.1 Å². The van der Waals surface area contributed by atoms with Crippen molar-refractivity contribution in [2.24, 2.45) is 0 Å². The number of carboxylic acids is 1. The molecule has 2 amide bonds. The van der Waals surface area contributed by atoms with Gasteiger partial charge in [-0.3, -0.25) is 9.80 Å². The predicted molar refractivity (Wildman–Crippen MR) is 210 cm³/mol. The molecule has 0 radical (unpaired) electrons. The van der Waals surface area contributed by atoms with Crippen molar-refractivity contribution in [2.75, 3.05) is 88.3 Å². The van der Waals surface area contributed by atoms with Gasteiger partial charge in [-0.1, -0.05) is 12.1 Å². The summed E-state index contributed by atoms with van der Waals surface area (Å²) in [4.78, 5) is 55.5. The highest BCUT2D eigenvalue weighted by atomic mass is 19.4. The van der Waals surface area contributed by atoms with Gasteiger partial charge >= 0.3 is 48.8 Å². The van der Waals surface area contributed by atoms with Crippen molar-refractivity contribution in [1.82, 2.24) is 19.6 Å². The molecule has 0 spiro atoms. The number of rotatable bonds is 9. The van der Waals surface area contributed by atoms with Crippen LogP contribution in [0.25, 0.3) is 0 Å². The molecule has 4 heterocycles. The van der Waals surface area contributed by atoms with E-state index in [1.165, 1.54) is 23.1 Å². The molecule has 2 aromatic rings. The number of carbonyl (C=O) groups is 4. The van der Waals surface area contributed by atoms with Crippen molar-refractivity contribution in [1.29, 1.82) is 0 Å². The Balaban J connectivity index is 0.000000248. The maximum absolute atomic E-state index is 13.2. The largest absolute Gasteiger partial charge is 0.478 e. The highest BCUT2D eigenvalue weighted by molar-refractivity contribution is 5.95. The molecule has 0 aliphatic carbocycles. The van der Waals surface area contributed by atoms with Crippen LogP contribution in [0.15, 0.2) is 48.6 Å². The number of halogens is 12. The van der Waals surface area contributed by atoms with Gasteiger partial charge in [0.2, 0.25) is 0 Å². The van der Waals surface area contributed by atoms with Crippen molar-refractivity contribution >= 4 is 35.5 Å². The summed E-state index contributed by atoms with van der Waals surface area (Å²) in [5.74, 6) is -2.40. The van der Waals surface area contributed by atoms with Gasteiger partial charge in [0, 0.05) is 115 Å². The maximum Gasteiger partial charge on any atom is 0.434 e. The van der Waals surface area contributed by atoms with Crippen molar-refractivity contribution in [2.45, 2.75) is 69.6 Å². The molecule has 4 saturated heterocycles. The molecule has 2 aromatic carbocycles. The molecule has 0 bridgehead atoms. The summed E-state index contributed by atoms with van der Waals surface area (Å²) < 4.78 is 163. The lowest BCUT2D eigenvalue weighted by Gasteiger charge is -2.36. The molecule has 4 aliphatic heterocycles. The Bertz CT molecular complexity index is 2020. The zero-order valence-electron chi connectivity index (χ0n) is 35.0. The Labute approximate surface area is 370 Å². The molecule has 0 saturated carbocycles. The summed E-state index contributed by atoms with van der Waals surface area (Å²) >= 11 is 0. The summed E-state index contributed by atoms with van der Waals surface area (Å²) in [6.45, 7) is 4.55. The maximum atomic E-state index is 13.2. The van der Waals surface area contributed by atoms with Crippen LogP contribution in [0.5, 0.6) is 0 Å². The quantitative estimate of drug-likeness (QED) is 0.115. The molecule has 66 heavy (non-hydrogen) atoms. The lowest BCUT2D eigenvalue weighted by atomic mass is 10.1. The third-order valence-corrected chi connectivity index (χ3v) is 11.1. The number of carbonyl (C=O) groups excluding carboxylic acids is 3. The first-order chi connectivity index (χ1) is 30.8. The Morgan fingerprint density at radius 2 is 0.924 bits per heavy atom. The summed E-state index contributed by atoms with van der Waals surface area (Å²) in [5, 5.41) is 8.49. The van der Waals surface area contributed by atoms with Gasteiger partial charge in [0.15, 0.2) is 0 Å². The highest BCUT2D eigenvalue weighted by Crippen LogP contribution is 2.38. The number of anilines is 2. The first kappa shape index (κ1) is 51.5. The Morgan fingerprint density at radius 3 is 1.27 bits per heavy atom. The smallest absolute Gasteiger partial charge is 0.434 e. The summed E-state index contributed by atoms with van der Waals surface area (Å²) in [5.41, 5.74) is 0.985. The molecule has 6 rings (SSSR count). The van der Waals surface area contributed by atoms with E-state index in [9.17, 15) is 71.9 Å². The topological polar surface area (TPSA) is 126 Å². The Morgan fingerprint density at radius 1 is 0.545 bits per heavy atom. The number of ether oxygens (including phenoxy) is 2. The molecular formula is C41H46F12N6O7. The van der Waals surface area contributed by atoms with Crippen LogP contribution in [-0.4, -0.2) is 146 Å². The van der Waals surface area contributed by atoms with Crippen LogP contribution in [0.4, 0.5) is 73.6 Å². The molecule has 0 unspecified atom stereocenters. The third kappa shape index (κ3) is 14.5. The fourth-order valence-corrected chi connectivity index (χ4v) is 7.73. The van der Waals surface area contributed by atoms with Crippen LogP contribution in [0, 0.1) is 0 Å². The second-order valence-corrected chi connectivity index (χ2v) is 15.8. The number of hydrogen-bond acceptors (Lipinski definition) is 10. The van der Waals surface area contributed by atoms with Crippen LogP contribution in [0.2, 0.25) is 0 Å². The van der Waals surface area contributed by atoms with Gasteiger partial charge < -0.3 is 34.2 Å². The Kier molecular flexibility index (Phi) is 16.7. The number of esters is 1. The van der Waals surface area contributed by atoms with E-state index < -0.39 is 66.1 Å². The van der Waals surface area contributed by atoms with Gasteiger partial charge in [-0.05, 0) is 61.1 Å². The third-order valence-electron chi connectivity index (χ3n) is 11.1. The van der Waals surface area contributed by atoms with Crippen LogP contribution < -0.4 is 9.80 Å². The van der Waals surface area contributed by atoms with Gasteiger partial charge in [0.1, 0.15) is 0 Å². The summed E-state index contributed by atoms with van der Waals surface area (Å²) in [6, 6.07) is 7.25. The number of piperazine rings is 2. The van der Waals surface area contributed by atoms with Crippen LogP contribution in [-0.2, 0) is 44.5 Å². The zero-order chi connectivity index (χ0) is 48.6. The van der Waals surface area contributed by atoms with Crippen molar-refractivity contribution in [3.8, 4) is 0 Å². The zero-order valence-corrected chi connectivity index (χ0v) is 35.0. The van der Waals surface area contributed by atoms with E-state index in [1.54, 1.807) is 4.90 Å². The number of aliphatic carboxylic acids is 1. The van der Waals surface area contributed by atoms with E-state index in [1.807, 2.05) is 14.7 Å². The molecule has 0 atom stereocenters. The van der Waals surface area contributed by atoms with E-state index in [4.69, 9.17) is 5.11 Å². The highest BCUT2D eigenvalue weighted by Gasteiger charge is 2.60. The fourth-order valence-electron chi connectivity index (χ4n) is 7.73. The van der Waals surface area contributed by atoms with Crippen molar-refractivity contribution in [3.63, 3.8) is 0 Å². The predicted octanol–water partition coefficient (Wildman–Crippen LogP) is 7.78. The lowest BCUT2D eigenvalue weighted by Crippen LogP contribution is -2.52.